The largest absolute Gasteiger partial charge is 0.452 e. The summed E-state index contributed by atoms with van der Waals surface area (Å²) >= 11 is 0. The van der Waals surface area contributed by atoms with E-state index in [0.717, 1.165) is 0 Å². The highest BCUT2D eigenvalue weighted by Gasteiger charge is 2.38. The Kier molecular flexibility index (Phi) is 8.65. The molecule has 0 aliphatic rings. The van der Waals surface area contributed by atoms with Crippen molar-refractivity contribution in [2.45, 2.75) is 18.3 Å². The maximum atomic E-state index is 12.7. The first-order valence-corrected chi connectivity index (χ1v) is 10.4. The molecule has 0 heterocycles. The Balaban J connectivity index is 1.87. The Bertz CT molecular complexity index is 1100. The van der Waals surface area contributed by atoms with E-state index in [1.54, 1.807) is 54.6 Å². The van der Waals surface area contributed by atoms with Crippen molar-refractivity contribution in [1.29, 1.82) is 0 Å². The normalized spacial score (nSPS) is 13.1. The zero-order valence-electron chi connectivity index (χ0n) is 18.0. The van der Waals surface area contributed by atoms with Crippen LogP contribution in [-0.2, 0) is 19.0 Å². The number of hydrogen-bond donors (Lipinski definition) is 1. The van der Waals surface area contributed by atoms with Gasteiger partial charge in [-0.15, -0.1) is 0 Å². The molecule has 3 aromatic carbocycles. The lowest BCUT2D eigenvalue weighted by Gasteiger charge is -2.29. The van der Waals surface area contributed by atoms with Gasteiger partial charge in [-0.1, -0.05) is 54.6 Å². The van der Waals surface area contributed by atoms with Crippen LogP contribution in [0.15, 0.2) is 91.0 Å². The summed E-state index contributed by atoms with van der Waals surface area (Å²) in [5.74, 6) is -2.54. The van der Waals surface area contributed by atoms with E-state index in [4.69, 9.17) is 14.2 Å². The minimum absolute atomic E-state index is 0.151. The number of esters is 3. The van der Waals surface area contributed by atoms with Gasteiger partial charge in [0.25, 0.3) is 0 Å². The average Bonchev–Trinajstić information content (AvgIpc) is 2.90. The fourth-order valence-electron chi connectivity index (χ4n) is 3.05. The third kappa shape index (κ3) is 6.36. The number of carbonyl (C=O) groups is 4. The molecule has 0 fully saturated rings. The van der Waals surface area contributed by atoms with Crippen molar-refractivity contribution in [1.82, 2.24) is 0 Å². The van der Waals surface area contributed by atoms with E-state index in [1.165, 1.54) is 36.4 Å². The van der Waals surface area contributed by atoms with Crippen LogP contribution >= 0.6 is 0 Å². The van der Waals surface area contributed by atoms with E-state index in [2.05, 4.69) is 0 Å². The molecule has 0 aliphatic heterocycles. The molecule has 0 bridgehead atoms. The van der Waals surface area contributed by atoms with Gasteiger partial charge >= 0.3 is 17.9 Å². The second kappa shape index (κ2) is 12.1. The molecule has 34 heavy (non-hydrogen) atoms. The molecule has 8 nitrogen and oxygen atoms in total. The van der Waals surface area contributed by atoms with Crippen LogP contribution in [0.3, 0.4) is 0 Å². The number of hydrogen-bond acceptors (Lipinski definition) is 8. The molecular weight excluding hydrogens is 440 g/mol. The lowest BCUT2D eigenvalue weighted by molar-refractivity contribution is -0.131. The monoisotopic (exact) mass is 462 g/mol. The summed E-state index contributed by atoms with van der Waals surface area (Å²) in [5.41, 5.74) is 0.486. The maximum Gasteiger partial charge on any atom is 0.338 e. The highest BCUT2D eigenvalue weighted by atomic mass is 16.6. The zero-order valence-corrected chi connectivity index (χ0v) is 18.0. The number of rotatable bonds is 10. The molecular formula is C26H22O8. The quantitative estimate of drug-likeness (QED) is 0.278. The van der Waals surface area contributed by atoms with Crippen molar-refractivity contribution in [2.24, 2.45) is 0 Å². The van der Waals surface area contributed by atoms with Crippen LogP contribution in [0.5, 0.6) is 0 Å². The molecule has 0 aliphatic carbocycles. The number of ether oxygens (including phenoxy) is 3. The summed E-state index contributed by atoms with van der Waals surface area (Å²) in [4.78, 5) is 49.7. The summed E-state index contributed by atoms with van der Waals surface area (Å²) in [7, 11) is 0. The predicted molar refractivity (Wildman–Crippen MR) is 120 cm³/mol. The van der Waals surface area contributed by atoms with Gasteiger partial charge in [-0.25, -0.2) is 14.4 Å². The van der Waals surface area contributed by atoms with Gasteiger partial charge in [0, 0.05) is 0 Å². The Labute approximate surface area is 195 Å². The van der Waals surface area contributed by atoms with Crippen LogP contribution in [0, 0.1) is 0 Å². The van der Waals surface area contributed by atoms with Crippen molar-refractivity contribution in [3.05, 3.63) is 108 Å². The lowest BCUT2D eigenvalue weighted by Crippen LogP contribution is -2.48. The molecule has 8 heteroatoms. The number of aliphatic hydroxyl groups is 1. The molecule has 0 aromatic heterocycles. The van der Waals surface area contributed by atoms with Gasteiger partial charge in [-0.3, -0.25) is 4.79 Å². The van der Waals surface area contributed by atoms with E-state index >= 15 is 0 Å². The van der Waals surface area contributed by atoms with Crippen molar-refractivity contribution in [3.8, 4) is 0 Å². The molecule has 0 saturated carbocycles. The van der Waals surface area contributed by atoms with Gasteiger partial charge in [0.1, 0.15) is 0 Å². The molecule has 1 N–H and O–H groups in total. The van der Waals surface area contributed by atoms with E-state index in [1.807, 2.05) is 0 Å². The highest BCUT2D eigenvalue weighted by Crippen LogP contribution is 2.18. The first-order chi connectivity index (χ1) is 16.5. The van der Waals surface area contributed by atoms with Gasteiger partial charge in [-0.2, -0.15) is 0 Å². The first-order valence-electron chi connectivity index (χ1n) is 10.4. The van der Waals surface area contributed by atoms with Crippen molar-refractivity contribution >= 4 is 24.2 Å². The summed E-state index contributed by atoms with van der Waals surface area (Å²) in [6.07, 6.45) is -4.53. The molecule has 174 valence electrons. The van der Waals surface area contributed by atoms with Crippen molar-refractivity contribution in [2.75, 3.05) is 6.61 Å². The smallest absolute Gasteiger partial charge is 0.338 e. The van der Waals surface area contributed by atoms with Crippen LogP contribution in [-0.4, -0.2) is 54.2 Å². The molecule has 0 unspecified atom stereocenters. The average molecular weight is 462 g/mol. The number of benzene rings is 3. The van der Waals surface area contributed by atoms with Crippen LogP contribution in [0.1, 0.15) is 31.1 Å². The number of aldehydes is 1. The minimum Gasteiger partial charge on any atom is -0.452 e. The second-order valence-electron chi connectivity index (χ2n) is 7.10. The summed E-state index contributed by atoms with van der Waals surface area (Å²) < 4.78 is 16.0. The summed E-state index contributed by atoms with van der Waals surface area (Å²) in [6, 6.07) is 23.7. The van der Waals surface area contributed by atoms with Crippen LogP contribution in [0.4, 0.5) is 0 Å². The van der Waals surface area contributed by atoms with E-state index in [0.29, 0.717) is 0 Å². The SMILES string of the molecule is O=C[C@@H](OC(=O)c1ccccc1)[C@H](OC(=O)c1ccccc1)[C@H](CO)OC(=O)c1ccccc1. The molecule has 0 radical (unpaired) electrons. The van der Waals surface area contributed by atoms with Gasteiger partial charge in [0.2, 0.25) is 0 Å². The topological polar surface area (TPSA) is 116 Å². The van der Waals surface area contributed by atoms with Crippen molar-refractivity contribution in [3.63, 3.8) is 0 Å². The Morgan fingerprint density at radius 3 is 1.41 bits per heavy atom. The van der Waals surface area contributed by atoms with Gasteiger partial charge in [0.15, 0.2) is 24.6 Å². The minimum atomic E-state index is -1.67. The highest BCUT2D eigenvalue weighted by molar-refractivity contribution is 5.92. The fourth-order valence-corrected chi connectivity index (χ4v) is 3.05. The van der Waals surface area contributed by atoms with Crippen LogP contribution < -0.4 is 0 Å². The Morgan fingerprint density at radius 1 is 0.647 bits per heavy atom. The standard InChI is InChI=1S/C26H22O8/c27-16-21(32-24(29)18-10-4-1-5-11-18)23(34-26(31)20-14-8-3-9-15-20)22(17-28)33-25(30)19-12-6-2-7-13-19/h1-16,21-23,28H,17H2/t21-,22+,23+/m1/s1. The molecule has 3 rings (SSSR count). The predicted octanol–water partition coefficient (Wildman–Crippen LogP) is 2.85. The molecule has 0 spiro atoms. The number of aliphatic hydroxyl groups excluding tert-OH is 1. The maximum absolute atomic E-state index is 12.7. The lowest BCUT2D eigenvalue weighted by atomic mass is 10.1. The van der Waals surface area contributed by atoms with Gasteiger partial charge < -0.3 is 19.3 Å². The van der Waals surface area contributed by atoms with Crippen LogP contribution in [0.2, 0.25) is 0 Å². The third-order valence-electron chi connectivity index (χ3n) is 4.78. The molecule has 3 atom stereocenters. The van der Waals surface area contributed by atoms with E-state index < -0.39 is 42.8 Å². The second-order valence-corrected chi connectivity index (χ2v) is 7.10. The zero-order chi connectivity index (χ0) is 24.3. The van der Waals surface area contributed by atoms with E-state index in [9.17, 15) is 24.3 Å². The first kappa shape index (κ1) is 24.3. The van der Waals surface area contributed by atoms with Gasteiger partial charge in [0.05, 0.1) is 23.3 Å². The van der Waals surface area contributed by atoms with Crippen LogP contribution in [0.25, 0.3) is 0 Å². The fraction of sp³-hybridized carbons (Fsp3) is 0.154. The summed E-state index contributed by atoms with van der Waals surface area (Å²) in [5, 5.41) is 9.95. The third-order valence-corrected chi connectivity index (χ3v) is 4.78. The summed E-state index contributed by atoms with van der Waals surface area (Å²) in [6.45, 7) is -0.807. The van der Waals surface area contributed by atoms with Crippen molar-refractivity contribution < 1.29 is 38.5 Å². The molecule has 0 amide bonds. The van der Waals surface area contributed by atoms with Gasteiger partial charge in [-0.05, 0) is 36.4 Å². The Morgan fingerprint density at radius 2 is 1.03 bits per heavy atom. The Hall–Kier alpha value is -4.30. The number of carbonyl (C=O) groups excluding carboxylic acids is 4. The van der Waals surface area contributed by atoms with E-state index in [-0.39, 0.29) is 23.0 Å². The molecule has 0 saturated heterocycles. The molecule has 3 aromatic rings.